The van der Waals surface area contributed by atoms with Crippen LogP contribution in [0.2, 0.25) is 0 Å². The smallest absolute Gasteiger partial charge is 0.244 e. The highest BCUT2D eigenvalue weighted by Crippen LogP contribution is 2.21. The zero-order valence-electron chi connectivity index (χ0n) is 11.5. The predicted octanol–water partition coefficient (Wildman–Crippen LogP) is 1.29. The van der Waals surface area contributed by atoms with E-state index in [0.717, 1.165) is 18.5 Å². The largest absolute Gasteiger partial charge is 0.352 e. The van der Waals surface area contributed by atoms with Crippen molar-refractivity contribution in [1.82, 2.24) is 8.87 Å². The molecule has 104 valence electrons. The lowest BCUT2D eigenvalue weighted by Crippen LogP contribution is -2.36. The Morgan fingerprint density at radius 3 is 2.33 bits per heavy atom. The number of aryl methyl sites for hydroxylation is 1. The van der Waals surface area contributed by atoms with Crippen LogP contribution in [0.1, 0.15) is 32.4 Å². The van der Waals surface area contributed by atoms with Gasteiger partial charge in [-0.25, -0.2) is 8.42 Å². The molecule has 0 aliphatic heterocycles. The number of nitrogens with zero attached hydrogens (tertiary/aromatic N) is 2. The highest BCUT2D eigenvalue weighted by atomic mass is 32.2. The first-order chi connectivity index (χ1) is 8.38. The normalized spacial score (nSPS) is 12.6. The number of hydrogen-bond acceptors (Lipinski definition) is 3. The van der Waals surface area contributed by atoms with E-state index < -0.39 is 10.0 Å². The number of nitrogens with two attached hydrogens (primary N) is 1. The molecule has 0 saturated carbocycles. The van der Waals surface area contributed by atoms with Crippen LogP contribution in [-0.4, -0.2) is 30.4 Å². The van der Waals surface area contributed by atoms with Crippen LogP contribution < -0.4 is 5.73 Å². The van der Waals surface area contributed by atoms with Crippen molar-refractivity contribution in [3.05, 3.63) is 18.0 Å². The van der Waals surface area contributed by atoms with Crippen molar-refractivity contribution >= 4 is 10.0 Å². The molecule has 0 saturated heterocycles. The Labute approximate surface area is 110 Å². The molecule has 0 fully saturated rings. The summed E-state index contributed by atoms with van der Waals surface area (Å²) < 4.78 is 28.1. The van der Waals surface area contributed by atoms with Crippen LogP contribution >= 0.6 is 0 Å². The van der Waals surface area contributed by atoms with Crippen LogP contribution in [0.25, 0.3) is 0 Å². The van der Waals surface area contributed by atoms with Gasteiger partial charge in [-0.05, 0) is 18.9 Å². The van der Waals surface area contributed by atoms with Gasteiger partial charge in [0.25, 0.3) is 0 Å². The average Bonchev–Trinajstić information content (AvgIpc) is 2.72. The van der Waals surface area contributed by atoms with Crippen molar-refractivity contribution in [2.45, 2.75) is 44.2 Å². The van der Waals surface area contributed by atoms with E-state index in [1.165, 1.54) is 4.31 Å². The molecule has 1 rings (SSSR count). The fourth-order valence-corrected chi connectivity index (χ4v) is 3.69. The highest BCUT2D eigenvalue weighted by molar-refractivity contribution is 7.89. The highest BCUT2D eigenvalue weighted by Gasteiger charge is 2.27. The predicted molar refractivity (Wildman–Crippen MR) is 72.6 cm³/mol. The van der Waals surface area contributed by atoms with Crippen LogP contribution in [-0.2, 0) is 23.6 Å². The summed E-state index contributed by atoms with van der Waals surface area (Å²) in [6, 6.07) is 1.69. The zero-order valence-corrected chi connectivity index (χ0v) is 12.4. The third-order valence-corrected chi connectivity index (χ3v) is 5.30. The van der Waals surface area contributed by atoms with Gasteiger partial charge in [-0.3, -0.25) is 0 Å². The lowest BCUT2D eigenvalue weighted by molar-refractivity contribution is 0.349. The van der Waals surface area contributed by atoms with Gasteiger partial charge in [0, 0.05) is 38.6 Å². The molecule has 0 atom stereocenters. The first-order valence-electron chi connectivity index (χ1n) is 6.21. The Balaban J connectivity index is 3.12. The Morgan fingerprint density at radius 1 is 1.39 bits per heavy atom. The van der Waals surface area contributed by atoms with Crippen LogP contribution in [0.15, 0.2) is 17.2 Å². The molecule has 0 aromatic carbocycles. The molecule has 1 aromatic heterocycles. The minimum absolute atomic E-state index is 0.0385. The van der Waals surface area contributed by atoms with E-state index in [1.54, 1.807) is 30.9 Å². The van der Waals surface area contributed by atoms with Gasteiger partial charge in [-0.1, -0.05) is 13.8 Å². The van der Waals surface area contributed by atoms with Crippen molar-refractivity contribution in [1.29, 1.82) is 0 Å². The van der Waals surface area contributed by atoms with Gasteiger partial charge in [0.2, 0.25) is 10.0 Å². The number of aromatic nitrogens is 1. The van der Waals surface area contributed by atoms with E-state index in [0.29, 0.717) is 11.4 Å². The fourth-order valence-electron chi connectivity index (χ4n) is 2.09. The van der Waals surface area contributed by atoms with Crippen molar-refractivity contribution < 1.29 is 8.42 Å². The second-order valence-electron chi connectivity index (χ2n) is 4.47. The van der Waals surface area contributed by atoms with Crippen molar-refractivity contribution in [3.63, 3.8) is 0 Å². The molecule has 0 aliphatic rings. The van der Waals surface area contributed by atoms with Crippen LogP contribution in [0.4, 0.5) is 0 Å². The summed E-state index contributed by atoms with van der Waals surface area (Å²) in [6.07, 6.45) is 3.24. The third kappa shape index (κ3) is 2.76. The van der Waals surface area contributed by atoms with E-state index in [-0.39, 0.29) is 6.04 Å². The second kappa shape index (κ2) is 5.86. The molecular weight excluding hydrogens is 250 g/mol. The summed E-state index contributed by atoms with van der Waals surface area (Å²) in [5.74, 6) is 0. The van der Waals surface area contributed by atoms with E-state index in [9.17, 15) is 8.42 Å². The summed E-state index contributed by atoms with van der Waals surface area (Å²) in [6.45, 7) is 4.33. The topological polar surface area (TPSA) is 68.3 Å². The minimum Gasteiger partial charge on any atom is -0.352 e. The van der Waals surface area contributed by atoms with Crippen LogP contribution in [0.3, 0.4) is 0 Å². The molecule has 1 heterocycles. The number of rotatable bonds is 6. The van der Waals surface area contributed by atoms with Gasteiger partial charge in [-0.2, -0.15) is 4.31 Å². The van der Waals surface area contributed by atoms with E-state index in [1.807, 2.05) is 13.8 Å². The molecule has 6 heteroatoms. The summed E-state index contributed by atoms with van der Waals surface area (Å²) in [5.41, 5.74) is 6.38. The SMILES string of the molecule is CCC(CC)N(C)S(=O)(=O)c1cc(CN)n(C)c1. The lowest BCUT2D eigenvalue weighted by atomic mass is 10.2. The Bertz CT molecular complexity index is 489. The summed E-state index contributed by atoms with van der Waals surface area (Å²) >= 11 is 0. The van der Waals surface area contributed by atoms with Gasteiger partial charge in [-0.15, -0.1) is 0 Å². The van der Waals surface area contributed by atoms with Gasteiger partial charge < -0.3 is 10.3 Å². The summed E-state index contributed by atoms with van der Waals surface area (Å²) in [4.78, 5) is 0.319. The van der Waals surface area contributed by atoms with Gasteiger partial charge in [0.15, 0.2) is 0 Å². The van der Waals surface area contributed by atoms with E-state index >= 15 is 0 Å². The van der Waals surface area contributed by atoms with E-state index in [2.05, 4.69) is 0 Å². The standard InChI is InChI=1S/C12H23N3O2S/c1-5-10(6-2)15(4)18(16,17)12-7-11(8-13)14(3)9-12/h7,9-10H,5-6,8,13H2,1-4H3. The molecule has 2 N–H and O–H groups in total. The third-order valence-electron chi connectivity index (χ3n) is 3.43. The molecule has 0 amide bonds. The van der Waals surface area contributed by atoms with Crippen molar-refractivity contribution in [2.75, 3.05) is 7.05 Å². The maximum absolute atomic E-state index is 12.4. The number of sulfonamides is 1. The van der Waals surface area contributed by atoms with Crippen LogP contribution in [0.5, 0.6) is 0 Å². The van der Waals surface area contributed by atoms with Crippen molar-refractivity contribution in [3.8, 4) is 0 Å². The first-order valence-corrected chi connectivity index (χ1v) is 7.65. The monoisotopic (exact) mass is 273 g/mol. The van der Waals surface area contributed by atoms with Crippen LogP contribution in [0, 0.1) is 0 Å². The Hall–Kier alpha value is -0.850. The zero-order chi connectivity index (χ0) is 13.9. The maximum Gasteiger partial charge on any atom is 0.244 e. The molecule has 0 spiro atoms. The quantitative estimate of drug-likeness (QED) is 0.849. The first kappa shape index (κ1) is 15.2. The van der Waals surface area contributed by atoms with Gasteiger partial charge >= 0.3 is 0 Å². The Kier molecular flexibility index (Phi) is 4.95. The fraction of sp³-hybridized carbons (Fsp3) is 0.667. The van der Waals surface area contributed by atoms with Gasteiger partial charge in [0.05, 0.1) is 0 Å². The molecule has 18 heavy (non-hydrogen) atoms. The molecular formula is C12H23N3O2S. The van der Waals surface area contributed by atoms with E-state index in [4.69, 9.17) is 5.73 Å². The second-order valence-corrected chi connectivity index (χ2v) is 6.47. The summed E-state index contributed by atoms with van der Waals surface area (Å²) in [5, 5.41) is 0. The van der Waals surface area contributed by atoms with Crippen molar-refractivity contribution in [2.24, 2.45) is 12.8 Å². The molecule has 5 nitrogen and oxygen atoms in total. The molecule has 0 radical (unpaired) electrons. The number of hydrogen-bond donors (Lipinski definition) is 1. The Morgan fingerprint density at radius 2 is 1.94 bits per heavy atom. The summed E-state index contributed by atoms with van der Waals surface area (Å²) in [7, 11) is 0.0277. The van der Waals surface area contributed by atoms with Gasteiger partial charge in [0.1, 0.15) is 4.90 Å². The molecule has 0 aliphatic carbocycles. The molecule has 0 unspecified atom stereocenters. The molecule has 0 bridgehead atoms. The maximum atomic E-state index is 12.4. The minimum atomic E-state index is -3.42. The average molecular weight is 273 g/mol. The molecule has 1 aromatic rings. The lowest BCUT2D eigenvalue weighted by Gasteiger charge is -2.24.